The molecule has 0 aromatic carbocycles. The van der Waals surface area contributed by atoms with Gasteiger partial charge in [-0.15, -0.1) is 12.4 Å². The lowest BCUT2D eigenvalue weighted by molar-refractivity contribution is -0.146. The molecule has 0 unspecified atom stereocenters. The van der Waals surface area contributed by atoms with Crippen LogP contribution >= 0.6 is 12.4 Å². The Kier molecular flexibility index (Phi) is 10.2. The molecule has 106 valence electrons. The summed E-state index contributed by atoms with van der Waals surface area (Å²) in [6.45, 7) is 4.72. The van der Waals surface area contributed by atoms with Crippen LogP contribution in [0.5, 0.6) is 0 Å². The zero-order valence-electron chi connectivity index (χ0n) is 10.7. The highest BCUT2D eigenvalue weighted by Gasteiger charge is 2.17. The molecule has 0 aromatic heterocycles. The fraction of sp³-hybridized carbons (Fsp3) is 0.700. The van der Waals surface area contributed by atoms with Gasteiger partial charge in [0.25, 0.3) is 0 Å². The fourth-order valence-corrected chi connectivity index (χ4v) is 0.947. The zero-order chi connectivity index (χ0) is 13.4. The van der Waals surface area contributed by atoms with E-state index >= 15 is 0 Å². The van der Waals surface area contributed by atoms with Crippen molar-refractivity contribution in [2.45, 2.75) is 32.9 Å². The van der Waals surface area contributed by atoms with Crippen LogP contribution < -0.4 is 16.4 Å². The third-order valence-corrected chi connectivity index (χ3v) is 1.85. The summed E-state index contributed by atoms with van der Waals surface area (Å²) >= 11 is 0. The Labute approximate surface area is 112 Å². The van der Waals surface area contributed by atoms with E-state index in [-0.39, 0.29) is 25.6 Å². The van der Waals surface area contributed by atoms with Crippen molar-refractivity contribution in [1.29, 1.82) is 0 Å². The van der Waals surface area contributed by atoms with Crippen LogP contribution in [0.4, 0.5) is 0 Å². The third kappa shape index (κ3) is 7.86. The summed E-state index contributed by atoms with van der Waals surface area (Å²) in [6, 6.07) is -1.42. The minimum absolute atomic E-state index is 0. The van der Waals surface area contributed by atoms with Crippen molar-refractivity contribution in [3.05, 3.63) is 0 Å². The molecule has 0 spiro atoms. The first-order valence-corrected chi connectivity index (χ1v) is 5.37. The van der Waals surface area contributed by atoms with Crippen molar-refractivity contribution in [2.75, 3.05) is 13.2 Å². The van der Waals surface area contributed by atoms with Crippen molar-refractivity contribution in [1.82, 2.24) is 10.6 Å². The summed E-state index contributed by atoms with van der Waals surface area (Å²) in [5.41, 5.74) is 5.29. The summed E-state index contributed by atoms with van der Waals surface area (Å²) < 4.78 is 4.71. The molecule has 0 heterocycles. The van der Waals surface area contributed by atoms with E-state index in [1.165, 1.54) is 13.8 Å². The van der Waals surface area contributed by atoms with Crippen LogP contribution in [0.3, 0.4) is 0 Å². The molecule has 0 aliphatic rings. The van der Waals surface area contributed by atoms with Gasteiger partial charge in [-0.3, -0.25) is 9.59 Å². The molecule has 2 amide bonds. The molecule has 0 saturated carbocycles. The molecule has 8 heteroatoms. The summed E-state index contributed by atoms with van der Waals surface area (Å²) in [7, 11) is 0. The lowest BCUT2D eigenvalue weighted by Gasteiger charge is -2.13. The molecule has 0 aliphatic carbocycles. The predicted octanol–water partition coefficient (Wildman–Crippen LogP) is -1.06. The fourth-order valence-electron chi connectivity index (χ4n) is 0.947. The molecule has 0 aliphatic heterocycles. The topological polar surface area (TPSA) is 111 Å². The van der Waals surface area contributed by atoms with Crippen LogP contribution in [0, 0.1) is 0 Å². The summed E-state index contributed by atoms with van der Waals surface area (Å²) in [5.74, 6) is -1.41. The molecule has 0 bridgehead atoms. The number of nitrogens with one attached hydrogen (secondary N) is 2. The highest BCUT2D eigenvalue weighted by Crippen LogP contribution is 1.87. The van der Waals surface area contributed by atoms with Gasteiger partial charge < -0.3 is 21.1 Å². The maximum atomic E-state index is 11.3. The quantitative estimate of drug-likeness (QED) is 0.538. The maximum absolute atomic E-state index is 11.3. The molecule has 0 fully saturated rings. The minimum Gasteiger partial charge on any atom is -0.464 e. The van der Waals surface area contributed by atoms with Gasteiger partial charge >= 0.3 is 5.97 Å². The van der Waals surface area contributed by atoms with Gasteiger partial charge in [0.2, 0.25) is 11.8 Å². The van der Waals surface area contributed by atoms with Gasteiger partial charge in [-0.05, 0) is 20.8 Å². The van der Waals surface area contributed by atoms with Crippen LogP contribution in [0.15, 0.2) is 0 Å². The lowest BCUT2D eigenvalue weighted by Crippen LogP contribution is -2.47. The highest BCUT2D eigenvalue weighted by atomic mass is 35.5. The first-order chi connectivity index (χ1) is 7.88. The molecular formula is C10H20ClN3O4. The van der Waals surface area contributed by atoms with Gasteiger partial charge in [-0.25, -0.2) is 4.79 Å². The van der Waals surface area contributed by atoms with E-state index in [1.807, 2.05) is 0 Å². The molecule has 0 radical (unpaired) electrons. The number of esters is 1. The van der Waals surface area contributed by atoms with Crippen LogP contribution in [0.1, 0.15) is 20.8 Å². The van der Waals surface area contributed by atoms with E-state index < -0.39 is 29.9 Å². The summed E-state index contributed by atoms with van der Waals surface area (Å²) in [5, 5.41) is 4.72. The van der Waals surface area contributed by atoms with Crippen LogP contribution in [-0.2, 0) is 19.1 Å². The number of rotatable bonds is 6. The third-order valence-electron chi connectivity index (χ3n) is 1.85. The number of carbonyl (C=O) groups excluding carboxylic acids is 3. The number of hydrogen-bond donors (Lipinski definition) is 3. The standard InChI is InChI=1S/C10H19N3O4.ClH/c1-4-17-10(16)7(3)13-8(14)5-12-9(15)6(2)11;/h6-7H,4-5,11H2,1-3H3,(H,12,15)(H,13,14);1H/t6-,7-;/m0./s1. The Morgan fingerprint density at radius 1 is 1.28 bits per heavy atom. The number of amides is 2. The predicted molar refractivity (Wildman–Crippen MR) is 68.1 cm³/mol. The Balaban J connectivity index is 0. The first kappa shape index (κ1) is 19.0. The van der Waals surface area contributed by atoms with E-state index in [0.717, 1.165) is 0 Å². The van der Waals surface area contributed by atoms with Gasteiger partial charge in [0.1, 0.15) is 6.04 Å². The molecule has 18 heavy (non-hydrogen) atoms. The van der Waals surface area contributed by atoms with Crippen molar-refractivity contribution in [2.24, 2.45) is 5.73 Å². The van der Waals surface area contributed by atoms with Crippen molar-refractivity contribution < 1.29 is 19.1 Å². The number of ether oxygens (including phenoxy) is 1. The molecule has 2 atom stereocenters. The average Bonchev–Trinajstić information content (AvgIpc) is 2.25. The zero-order valence-corrected chi connectivity index (χ0v) is 11.5. The Morgan fingerprint density at radius 3 is 2.28 bits per heavy atom. The van der Waals surface area contributed by atoms with Crippen LogP contribution in [0.2, 0.25) is 0 Å². The molecular weight excluding hydrogens is 262 g/mol. The van der Waals surface area contributed by atoms with Crippen LogP contribution in [-0.4, -0.2) is 43.0 Å². The summed E-state index contributed by atoms with van der Waals surface area (Å²) in [6.07, 6.45) is 0. The highest BCUT2D eigenvalue weighted by molar-refractivity contribution is 5.89. The van der Waals surface area contributed by atoms with E-state index in [4.69, 9.17) is 10.5 Å². The Hall–Kier alpha value is -1.34. The summed E-state index contributed by atoms with van der Waals surface area (Å²) in [4.78, 5) is 33.6. The molecule has 0 saturated heterocycles. The maximum Gasteiger partial charge on any atom is 0.328 e. The van der Waals surface area contributed by atoms with Gasteiger partial charge in [-0.1, -0.05) is 0 Å². The van der Waals surface area contributed by atoms with E-state index in [1.54, 1.807) is 6.92 Å². The van der Waals surface area contributed by atoms with Crippen LogP contribution in [0.25, 0.3) is 0 Å². The molecule has 7 nitrogen and oxygen atoms in total. The molecule has 0 aromatic rings. The second-order valence-electron chi connectivity index (χ2n) is 3.55. The van der Waals surface area contributed by atoms with Gasteiger partial charge in [0.15, 0.2) is 0 Å². The average molecular weight is 282 g/mol. The molecule has 0 rings (SSSR count). The second-order valence-corrected chi connectivity index (χ2v) is 3.55. The SMILES string of the molecule is CCOC(=O)[C@H](C)NC(=O)CNC(=O)[C@H](C)N.Cl. The first-order valence-electron chi connectivity index (χ1n) is 5.37. The van der Waals surface area contributed by atoms with Crippen molar-refractivity contribution in [3.8, 4) is 0 Å². The van der Waals surface area contributed by atoms with E-state index in [9.17, 15) is 14.4 Å². The van der Waals surface area contributed by atoms with Gasteiger partial charge in [-0.2, -0.15) is 0 Å². The lowest BCUT2D eigenvalue weighted by atomic mass is 10.3. The molecule has 4 N–H and O–H groups in total. The second kappa shape index (κ2) is 9.67. The minimum atomic E-state index is -0.741. The van der Waals surface area contributed by atoms with Crippen molar-refractivity contribution in [3.63, 3.8) is 0 Å². The number of carbonyl (C=O) groups is 3. The van der Waals surface area contributed by atoms with Gasteiger partial charge in [0.05, 0.1) is 19.2 Å². The normalized spacial score (nSPS) is 12.7. The van der Waals surface area contributed by atoms with Gasteiger partial charge in [0, 0.05) is 0 Å². The Morgan fingerprint density at radius 2 is 1.83 bits per heavy atom. The van der Waals surface area contributed by atoms with E-state index in [2.05, 4.69) is 10.6 Å². The number of nitrogens with two attached hydrogens (primary N) is 1. The van der Waals surface area contributed by atoms with Crippen molar-refractivity contribution >= 4 is 30.2 Å². The largest absolute Gasteiger partial charge is 0.464 e. The smallest absolute Gasteiger partial charge is 0.328 e. The number of halogens is 1. The van der Waals surface area contributed by atoms with E-state index in [0.29, 0.717) is 0 Å². The Bertz CT molecular complexity index is 297. The monoisotopic (exact) mass is 281 g/mol. The number of hydrogen-bond acceptors (Lipinski definition) is 5.